The standard InChI is InChI=1S/C11H16N2S/c1-2-8(3-1)6-11-13-9-4-5-12-7-10(9)14-11/h8,12H,1-7H2. The lowest BCUT2D eigenvalue weighted by atomic mass is 9.83. The van der Waals surface area contributed by atoms with Crippen LogP contribution in [0.1, 0.15) is 34.8 Å². The van der Waals surface area contributed by atoms with Crippen LogP contribution in [0, 0.1) is 5.92 Å². The minimum Gasteiger partial charge on any atom is -0.311 e. The van der Waals surface area contributed by atoms with E-state index in [1.807, 2.05) is 11.3 Å². The van der Waals surface area contributed by atoms with Crippen molar-refractivity contribution in [3.63, 3.8) is 0 Å². The zero-order valence-electron chi connectivity index (χ0n) is 8.38. The summed E-state index contributed by atoms with van der Waals surface area (Å²) >= 11 is 1.94. The number of hydrogen-bond acceptors (Lipinski definition) is 3. The number of rotatable bonds is 2. The second kappa shape index (κ2) is 3.63. The minimum atomic E-state index is 0.954. The molecule has 1 saturated carbocycles. The molecule has 1 aromatic heterocycles. The Hall–Kier alpha value is -0.410. The molecule has 0 saturated heterocycles. The smallest absolute Gasteiger partial charge is 0.0934 e. The number of fused-ring (bicyclic) bond motifs is 1. The topological polar surface area (TPSA) is 24.9 Å². The van der Waals surface area contributed by atoms with Crippen LogP contribution in [-0.2, 0) is 19.4 Å². The van der Waals surface area contributed by atoms with Crippen LogP contribution in [0.5, 0.6) is 0 Å². The van der Waals surface area contributed by atoms with Crippen molar-refractivity contribution < 1.29 is 0 Å². The van der Waals surface area contributed by atoms with Crippen LogP contribution in [0.4, 0.5) is 0 Å². The Balaban J connectivity index is 1.74. The number of nitrogens with one attached hydrogen (secondary N) is 1. The predicted octanol–water partition coefficient (Wildman–Crippen LogP) is 2.13. The molecule has 1 fully saturated rings. The van der Waals surface area contributed by atoms with Gasteiger partial charge in [-0.05, 0) is 5.92 Å². The molecule has 0 atom stereocenters. The number of thiazole rings is 1. The molecule has 2 aliphatic rings. The zero-order chi connectivity index (χ0) is 9.38. The van der Waals surface area contributed by atoms with Gasteiger partial charge in [-0.25, -0.2) is 4.98 Å². The van der Waals surface area contributed by atoms with Crippen LogP contribution in [0.3, 0.4) is 0 Å². The Bertz CT molecular complexity index is 305. The largest absolute Gasteiger partial charge is 0.311 e. The molecule has 1 aromatic rings. The van der Waals surface area contributed by atoms with Gasteiger partial charge in [-0.1, -0.05) is 19.3 Å². The third-order valence-corrected chi connectivity index (χ3v) is 4.45. The SMILES string of the molecule is C1CC(Cc2nc3c(s2)CNCC3)C1. The fourth-order valence-electron chi connectivity index (χ4n) is 2.21. The maximum atomic E-state index is 4.75. The first kappa shape index (κ1) is 8.86. The number of nitrogens with zero attached hydrogens (tertiary/aromatic N) is 1. The predicted molar refractivity (Wildman–Crippen MR) is 58.6 cm³/mol. The molecule has 1 N–H and O–H groups in total. The lowest BCUT2D eigenvalue weighted by Crippen LogP contribution is -2.22. The van der Waals surface area contributed by atoms with E-state index in [-0.39, 0.29) is 0 Å². The summed E-state index contributed by atoms with van der Waals surface area (Å²) in [5.41, 5.74) is 1.38. The first-order valence-electron chi connectivity index (χ1n) is 5.60. The molecule has 1 aliphatic carbocycles. The highest BCUT2D eigenvalue weighted by atomic mass is 32.1. The molecular formula is C11H16N2S. The van der Waals surface area contributed by atoms with Crippen molar-refractivity contribution in [3.8, 4) is 0 Å². The molecule has 3 heteroatoms. The van der Waals surface area contributed by atoms with Gasteiger partial charge in [0.2, 0.25) is 0 Å². The fourth-order valence-corrected chi connectivity index (χ4v) is 3.41. The lowest BCUT2D eigenvalue weighted by molar-refractivity contribution is 0.314. The van der Waals surface area contributed by atoms with Crippen LogP contribution < -0.4 is 5.32 Å². The summed E-state index contributed by atoms with van der Waals surface area (Å²) in [5.74, 6) is 0.954. The summed E-state index contributed by atoms with van der Waals surface area (Å²) in [6.07, 6.45) is 6.69. The molecule has 0 radical (unpaired) electrons. The van der Waals surface area contributed by atoms with Crippen LogP contribution in [0.25, 0.3) is 0 Å². The maximum Gasteiger partial charge on any atom is 0.0934 e. The second-order valence-electron chi connectivity index (χ2n) is 4.41. The van der Waals surface area contributed by atoms with Crippen molar-refractivity contribution in [2.45, 2.75) is 38.6 Å². The molecule has 0 spiro atoms. The van der Waals surface area contributed by atoms with Gasteiger partial charge in [0.25, 0.3) is 0 Å². The molecular weight excluding hydrogens is 192 g/mol. The van der Waals surface area contributed by atoms with Crippen molar-refractivity contribution >= 4 is 11.3 Å². The summed E-state index contributed by atoms with van der Waals surface area (Å²) in [7, 11) is 0. The van der Waals surface area contributed by atoms with Crippen molar-refractivity contribution in [2.75, 3.05) is 6.54 Å². The van der Waals surface area contributed by atoms with Crippen molar-refractivity contribution in [1.82, 2.24) is 10.3 Å². The van der Waals surface area contributed by atoms with Gasteiger partial charge in [0.15, 0.2) is 0 Å². The quantitative estimate of drug-likeness (QED) is 0.805. The Kier molecular flexibility index (Phi) is 2.30. The summed E-state index contributed by atoms with van der Waals surface area (Å²) in [4.78, 5) is 6.24. The Morgan fingerprint density at radius 1 is 1.43 bits per heavy atom. The molecule has 76 valence electrons. The van der Waals surface area contributed by atoms with E-state index in [0.29, 0.717) is 0 Å². The van der Waals surface area contributed by atoms with Gasteiger partial charge in [-0.3, -0.25) is 0 Å². The Labute approximate surface area is 88.7 Å². The normalized spacial score (nSPS) is 21.7. The third-order valence-electron chi connectivity index (χ3n) is 3.33. The lowest BCUT2D eigenvalue weighted by Gasteiger charge is -2.23. The van der Waals surface area contributed by atoms with Crippen LogP contribution in [0.15, 0.2) is 0 Å². The van der Waals surface area contributed by atoms with Crippen molar-refractivity contribution in [1.29, 1.82) is 0 Å². The fraction of sp³-hybridized carbons (Fsp3) is 0.727. The molecule has 1 aliphatic heterocycles. The average Bonchev–Trinajstić information content (AvgIpc) is 2.53. The summed E-state index contributed by atoms with van der Waals surface area (Å²) in [5, 5.41) is 4.80. The average molecular weight is 208 g/mol. The number of hydrogen-bond donors (Lipinski definition) is 1. The monoisotopic (exact) mass is 208 g/mol. The van der Waals surface area contributed by atoms with E-state index in [2.05, 4.69) is 5.32 Å². The molecule has 0 unspecified atom stereocenters. The van der Waals surface area contributed by atoms with E-state index in [9.17, 15) is 0 Å². The van der Waals surface area contributed by atoms with Gasteiger partial charge in [0.05, 0.1) is 10.7 Å². The number of aromatic nitrogens is 1. The zero-order valence-corrected chi connectivity index (χ0v) is 9.20. The molecule has 2 nitrogen and oxygen atoms in total. The first-order valence-corrected chi connectivity index (χ1v) is 6.41. The highest BCUT2D eigenvalue weighted by molar-refractivity contribution is 7.11. The van der Waals surface area contributed by atoms with Gasteiger partial charge in [0, 0.05) is 30.8 Å². The highest BCUT2D eigenvalue weighted by Gasteiger charge is 2.21. The van der Waals surface area contributed by atoms with E-state index in [0.717, 1.165) is 25.4 Å². The Morgan fingerprint density at radius 2 is 2.36 bits per heavy atom. The molecule has 14 heavy (non-hydrogen) atoms. The highest BCUT2D eigenvalue weighted by Crippen LogP contribution is 2.32. The summed E-state index contributed by atoms with van der Waals surface area (Å²) in [6.45, 7) is 2.16. The van der Waals surface area contributed by atoms with Gasteiger partial charge in [0.1, 0.15) is 0 Å². The van der Waals surface area contributed by atoms with E-state index >= 15 is 0 Å². The molecule has 0 amide bonds. The van der Waals surface area contributed by atoms with Crippen LogP contribution in [-0.4, -0.2) is 11.5 Å². The van der Waals surface area contributed by atoms with Crippen LogP contribution >= 0.6 is 11.3 Å². The van der Waals surface area contributed by atoms with Crippen LogP contribution in [0.2, 0.25) is 0 Å². The summed E-state index contributed by atoms with van der Waals surface area (Å²) < 4.78 is 0. The van der Waals surface area contributed by atoms with Gasteiger partial charge in [-0.15, -0.1) is 11.3 Å². The first-order chi connectivity index (χ1) is 6.92. The Morgan fingerprint density at radius 3 is 3.07 bits per heavy atom. The van der Waals surface area contributed by atoms with Crippen molar-refractivity contribution in [2.24, 2.45) is 5.92 Å². The molecule has 0 aromatic carbocycles. The van der Waals surface area contributed by atoms with Gasteiger partial charge in [-0.2, -0.15) is 0 Å². The summed E-state index contributed by atoms with van der Waals surface area (Å²) in [6, 6.07) is 0. The maximum absolute atomic E-state index is 4.75. The minimum absolute atomic E-state index is 0.954. The third kappa shape index (κ3) is 1.59. The van der Waals surface area contributed by atoms with E-state index in [1.54, 1.807) is 0 Å². The van der Waals surface area contributed by atoms with Gasteiger partial charge >= 0.3 is 0 Å². The van der Waals surface area contributed by atoms with Gasteiger partial charge < -0.3 is 5.32 Å². The van der Waals surface area contributed by atoms with Crippen molar-refractivity contribution in [3.05, 3.63) is 15.6 Å². The van der Waals surface area contributed by atoms with E-state index < -0.39 is 0 Å². The molecule has 0 bridgehead atoms. The van der Waals surface area contributed by atoms with E-state index in [1.165, 1.54) is 41.3 Å². The second-order valence-corrected chi connectivity index (χ2v) is 5.57. The molecule has 2 heterocycles. The molecule has 3 rings (SSSR count). The van der Waals surface area contributed by atoms with E-state index in [4.69, 9.17) is 4.98 Å².